The zero-order valence-electron chi connectivity index (χ0n) is 13.9. The Morgan fingerprint density at radius 1 is 1.10 bits per heavy atom. The topological polar surface area (TPSA) is 29.5 Å². The van der Waals surface area contributed by atoms with Crippen LogP contribution in [0.4, 0.5) is 0 Å². The third-order valence-corrected chi connectivity index (χ3v) is 7.12. The van der Waals surface area contributed by atoms with Gasteiger partial charge in [-0.15, -0.1) is 0 Å². The number of aliphatic hydroxyl groups is 1. The monoisotopic (exact) mass is 292 g/mol. The van der Waals surface area contributed by atoms with E-state index in [1.54, 1.807) is 0 Å². The SMILES string of the molecule is CC12CC3CC(C)(C1)CC(CC(O)C1CCCOC1)(C3)C2. The molecule has 4 saturated carbocycles. The van der Waals surface area contributed by atoms with Crippen molar-refractivity contribution in [3.05, 3.63) is 0 Å². The van der Waals surface area contributed by atoms with E-state index in [1.807, 2.05) is 0 Å². The summed E-state index contributed by atoms with van der Waals surface area (Å²) in [5.41, 5.74) is 1.58. The van der Waals surface area contributed by atoms with Gasteiger partial charge in [0.05, 0.1) is 12.7 Å². The van der Waals surface area contributed by atoms with Gasteiger partial charge in [-0.05, 0) is 80.0 Å². The quantitative estimate of drug-likeness (QED) is 0.846. The number of hydrogen-bond acceptors (Lipinski definition) is 2. The summed E-state index contributed by atoms with van der Waals surface area (Å²) in [6.45, 7) is 6.74. The van der Waals surface area contributed by atoms with Gasteiger partial charge >= 0.3 is 0 Å². The number of ether oxygens (including phenoxy) is 1. The van der Waals surface area contributed by atoms with E-state index in [9.17, 15) is 5.11 Å². The van der Waals surface area contributed by atoms with E-state index < -0.39 is 0 Å². The summed E-state index contributed by atoms with van der Waals surface area (Å²) in [6.07, 6.45) is 11.7. The first-order valence-electron chi connectivity index (χ1n) is 9.15. The summed E-state index contributed by atoms with van der Waals surface area (Å²) in [7, 11) is 0. The third kappa shape index (κ3) is 2.57. The second-order valence-corrected chi connectivity index (χ2v) is 9.88. The third-order valence-electron chi connectivity index (χ3n) is 7.12. The fourth-order valence-electron chi connectivity index (χ4n) is 7.59. The van der Waals surface area contributed by atoms with Gasteiger partial charge in [0.2, 0.25) is 0 Å². The van der Waals surface area contributed by atoms with E-state index in [0.29, 0.717) is 22.2 Å². The molecule has 5 rings (SSSR count). The summed E-state index contributed by atoms with van der Waals surface area (Å²) in [5, 5.41) is 10.8. The molecule has 4 atom stereocenters. The first kappa shape index (κ1) is 14.5. The summed E-state index contributed by atoms with van der Waals surface area (Å²) >= 11 is 0. The molecule has 0 aromatic rings. The fraction of sp³-hybridized carbons (Fsp3) is 1.00. The molecule has 0 radical (unpaired) electrons. The van der Waals surface area contributed by atoms with E-state index in [4.69, 9.17) is 4.74 Å². The molecule has 1 N–H and O–H groups in total. The van der Waals surface area contributed by atoms with Crippen LogP contribution in [0, 0.1) is 28.1 Å². The van der Waals surface area contributed by atoms with Crippen LogP contribution in [-0.4, -0.2) is 24.4 Å². The van der Waals surface area contributed by atoms with Crippen molar-refractivity contribution in [2.24, 2.45) is 28.1 Å². The van der Waals surface area contributed by atoms with Crippen LogP contribution in [0.3, 0.4) is 0 Å². The van der Waals surface area contributed by atoms with E-state index >= 15 is 0 Å². The maximum atomic E-state index is 10.8. The minimum Gasteiger partial charge on any atom is -0.393 e. The minimum atomic E-state index is -0.131. The van der Waals surface area contributed by atoms with Gasteiger partial charge in [0, 0.05) is 12.5 Å². The summed E-state index contributed by atoms with van der Waals surface area (Å²) in [4.78, 5) is 0. The molecule has 5 fully saturated rings. The Balaban J connectivity index is 1.51. The predicted molar refractivity (Wildman–Crippen MR) is 84.0 cm³/mol. The van der Waals surface area contributed by atoms with Crippen LogP contribution in [-0.2, 0) is 4.74 Å². The summed E-state index contributed by atoms with van der Waals surface area (Å²) < 4.78 is 5.60. The molecule has 5 aliphatic rings. The zero-order chi connectivity index (χ0) is 14.7. The molecule has 0 amide bonds. The van der Waals surface area contributed by atoms with Crippen molar-refractivity contribution in [3.8, 4) is 0 Å². The fourth-order valence-corrected chi connectivity index (χ4v) is 7.59. The normalized spacial score (nSPS) is 53.9. The Hall–Kier alpha value is -0.0800. The number of rotatable bonds is 3. The lowest BCUT2D eigenvalue weighted by Crippen LogP contribution is -2.56. The predicted octanol–water partition coefficient (Wildman–Crippen LogP) is 4.16. The molecular formula is C19H32O2. The Labute approximate surface area is 129 Å². The lowest BCUT2D eigenvalue weighted by atomic mass is 9.39. The molecular weight excluding hydrogens is 260 g/mol. The Morgan fingerprint density at radius 3 is 2.38 bits per heavy atom. The zero-order valence-corrected chi connectivity index (χ0v) is 13.9. The Kier molecular flexibility index (Phi) is 3.25. The smallest absolute Gasteiger partial charge is 0.0595 e. The molecule has 21 heavy (non-hydrogen) atoms. The van der Waals surface area contributed by atoms with E-state index in [2.05, 4.69) is 13.8 Å². The van der Waals surface area contributed by atoms with Crippen LogP contribution in [0.15, 0.2) is 0 Å². The van der Waals surface area contributed by atoms with Crippen molar-refractivity contribution in [2.75, 3.05) is 13.2 Å². The van der Waals surface area contributed by atoms with Crippen molar-refractivity contribution < 1.29 is 9.84 Å². The molecule has 2 heteroatoms. The molecule has 1 saturated heterocycles. The summed E-state index contributed by atoms with van der Waals surface area (Å²) in [6, 6.07) is 0. The van der Waals surface area contributed by atoms with Gasteiger partial charge in [-0.25, -0.2) is 0 Å². The van der Waals surface area contributed by atoms with Crippen LogP contribution >= 0.6 is 0 Å². The molecule has 1 aliphatic heterocycles. The first-order valence-corrected chi connectivity index (χ1v) is 9.15. The average Bonchev–Trinajstić information content (AvgIpc) is 2.34. The van der Waals surface area contributed by atoms with Gasteiger partial charge < -0.3 is 9.84 Å². The van der Waals surface area contributed by atoms with Gasteiger partial charge in [-0.3, -0.25) is 0 Å². The van der Waals surface area contributed by atoms with Crippen molar-refractivity contribution in [1.82, 2.24) is 0 Å². The average molecular weight is 292 g/mol. The standard InChI is InChI=1S/C19H32O2/c1-17-6-14-7-18(2,11-17)13-19(8-14,12-17)9-16(20)15-4-3-5-21-10-15/h14-16,20H,3-13H2,1-2H3. The highest BCUT2D eigenvalue weighted by Gasteiger charge is 2.60. The Morgan fingerprint density at radius 2 is 1.81 bits per heavy atom. The van der Waals surface area contributed by atoms with Crippen molar-refractivity contribution >= 4 is 0 Å². The highest BCUT2D eigenvalue weighted by molar-refractivity contribution is 5.10. The van der Waals surface area contributed by atoms with Crippen LogP contribution in [0.5, 0.6) is 0 Å². The van der Waals surface area contributed by atoms with Crippen molar-refractivity contribution in [3.63, 3.8) is 0 Å². The van der Waals surface area contributed by atoms with Gasteiger partial charge in [0.1, 0.15) is 0 Å². The second kappa shape index (κ2) is 4.71. The van der Waals surface area contributed by atoms with Crippen LogP contribution in [0.2, 0.25) is 0 Å². The van der Waals surface area contributed by atoms with Crippen LogP contribution < -0.4 is 0 Å². The second-order valence-electron chi connectivity index (χ2n) is 9.88. The van der Waals surface area contributed by atoms with Crippen LogP contribution in [0.1, 0.15) is 71.6 Å². The van der Waals surface area contributed by atoms with E-state index in [0.717, 1.165) is 38.4 Å². The first-order chi connectivity index (χ1) is 9.90. The lowest BCUT2D eigenvalue weighted by molar-refractivity contribution is -0.162. The van der Waals surface area contributed by atoms with Gasteiger partial charge in [0.15, 0.2) is 0 Å². The molecule has 4 bridgehead atoms. The van der Waals surface area contributed by atoms with Gasteiger partial charge in [-0.2, -0.15) is 0 Å². The molecule has 4 unspecified atom stereocenters. The van der Waals surface area contributed by atoms with Crippen molar-refractivity contribution in [1.29, 1.82) is 0 Å². The minimum absolute atomic E-state index is 0.131. The van der Waals surface area contributed by atoms with Crippen molar-refractivity contribution in [2.45, 2.75) is 77.7 Å². The molecule has 0 spiro atoms. The lowest BCUT2D eigenvalue weighted by Gasteiger charge is -2.66. The van der Waals surface area contributed by atoms with E-state index in [-0.39, 0.29) is 6.10 Å². The molecule has 4 aliphatic carbocycles. The summed E-state index contributed by atoms with van der Waals surface area (Å²) in [5.74, 6) is 1.33. The highest BCUT2D eigenvalue weighted by Crippen LogP contribution is 2.70. The van der Waals surface area contributed by atoms with Crippen LogP contribution in [0.25, 0.3) is 0 Å². The molecule has 2 nitrogen and oxygen atoms in total. The molecule has 1 heterocycles. The van der Waals surface area contributed by atoms with Gasteiger partial charge in [-0.1, -0.05) is 13.8 Å². The van der Waals surface area contributed by atoms with E-state index in [1.165, 1.54) is 38.5 Å². The highest BCUT2D eigenvalue weighted by atomic mass is 16.5. The van der Waals surface area contributed by atoms with Gasteiger partial charge in [0.25, 0.3) is 0 Å². The Bertz CT molecular complexity index is 394. The molecule has 120 valence electrons. The molecule has 0 aromatic carbocycles. The maximum Gasteiger partial charge on any atom is 0.0595 e. The molecule has 0 aromatic heterocycles. The maximum absolute atomic E-state index is 10.8. The number of aliphatic hydroxyl groups excluding tert-OH is 1. The number of hydrogen-bond donors (Lipinski definition) is 1. The largest absolute Gasteiger partial charge is 0.393 e.